The molecule has 1 N–H and O–H groups in total. The fourth-order valence-corrected chi connectivity index (χ4v) is 2.50. The van der Waals surface area contributed by atoms with Crippen molar-refractivity contribution in [2.45, 2.75) is 26.6 Å². The Morgan fingerprint density at radius 3 is 2.21 bits per heavy atom. The van der Waals surface area contributed by atoms with Gasteiger partial charge in [0.1, 0.15) is 0 Å². The second kappa shape index (κ2) is 6.93. The first-order chi connectivity index (χ1) is 11.5. The number of hydrogen-bond acceptors (Lipinski definition) is 4. The number of aromatic nitrogens is 2. The van der Waals surface area contributed by atoms with Crippen molar-refractivity contribution in [3.63, 3.8) is 0 Å². The van der Waals surface area contributed by atoms with Crippen molar-refractivity contribution in [2.75, 3.05) is 0 Å². The molecule has 1 aromatic heterocycles. The predicted molar refractivity (Wildman–Crippen MR) is 89.8 cm³/mol. The summed E-state index contributed by atoms with van der Waals surface area (Å²) in [6.45, 7) is 4.37. The molecule has 0 aliphatic heterocycles. The van der Waals surface area contributed by atoms with Crippen molar-refractivity contribution < 1.29 is 14.0 Å². The highest BCUT2D eigenvalue weighted by molar-refractivity contribution is 5.60. The van der Waals surface area contributed by atoms with E-state index in [1.807, 2.05) is 12.1 Å². The summed E-state index contributed by atoms with van der Waals surface area (Å²) in [5, 5.41) is 12.9. The highest BCUT2D eigenvalue weighted by atomic mass is 19.1. The van der Waals surface area contributed by atoms with Crippen LogP contribution in [0.2, 0.25) is 0 Å². The van der Waals surface area contributed by atoms with E-state index in [0.29, 0.717) is 23.2 Å². The van der Waals surface area contributed by atoms with Crippen molar-refractivity contribution in [2.24, 2.45) is 5.92 Å². The fourth-order valence-electron chi connectivity index (χ4n) is 2.50. The van der Waals surface area contributed by atoms with E-state index >= 15 is 0 Å². The maximum atomic E-state index is 12.8. The number of hydrogen-bond donors (Lipinski definition) is 1. The molecule has 0 amide bonds. The molecule has 0 aliphatic rings. The Morgan fingerprint density at radius 2 is 1.62 bits per heavy atom. The SMILES string of the molecule is CC(C)Cc1ccc(-c2nc(-c3ccc(C(O)F)cc3)no2)cc1. The van der Waals surface area contributed by atoms with Gasteiger partial charge in [-0.05, 0) is 30.0 Å². The molecule has 0 spiro atoms. The molecule has 0 saturated carbocycles. The number of halogens is 1. The molecule has 5 heteroatoms. The number of aliphatic hydroxyl groups excluding tert-OH is 1. The summed E-state index contributed by atoms with van der Waals surface area (Å²) in [6, 6.07) is 14.4. The van der Waals surface area contributed by atoms with Gasteiger partial charge < -0.3 is 9.63 Å². The Labute approximate surface area is 140 Å². The zero-order valence-electron chi connectivity index (χ0n) is 13.6. The smallest absolute Gasteiger partial charge is 0.258 e. The van der Waals surface area contributed by atoms with Gasteiger partial charge in [0.25, 0.3) is 5.89 Å². The number of nitrogens with zero attached hydrogens (tertiary/aromatic N) is 2. The van der Waals surface area contributed by atoms with Crippen molar-refractivity contribution >= 4 is 0 Å². The van der Waals surface area contributed by atoms with Gasteiger partial charge in [-0.15, -0.1) is 0 Å². The molecule has 3 aromatic rings. The van der Waals surface area contributed by atoms with E-state index in [1.165, 1.54) is 17.7 Å². The lowest BCUT2D eigenvalue weighted by Crippen LogP contribution is -1.93. The van der Waals surface area contributed by atoms with Gasteiger partial charge in [-0.1, -0.05) is 55.4 Å². The van der Waals surface area contributed by atoms with E-state index in [0.717, 1.165) is 12.0 Å². The molecule has 1 unspecified atom stereocenters. The van der Waals surface area contributed by atoms with Crippen LogP contribution in [-0.4, -0.2) is 15.2 Å². The van der Waals surface area contributed by atoms with Crippen LogP contribution in [0.25, 0.3) is 22.8 Å². The van der Waals surface area contributed by atoms with Gasteiger partial charge in [-0.2, -0.15) is 4.98 Å². The molecule has 0 fully saturated rings. The molecule has 0 aliphatic carbocycles. The minimum atomic E-state index is -1.98. The maximum Gasteiger partial charge on any atom is 0.258 e. The summed E-state index contributed by atoms with van der Waals surface area (Å²) >= 11 is 0. The van der Waals surface area contributed by atoms with E-state index in [9.17, 15) is 4.39 Å². The summed E-state index contributed by atoms with van der Waals surface area (Å²) in [6.07, 6.45) is -0.952. The Hall–Kier alpha value is -2.53. The Bertz CT molecular complexity index is 793. The zero-order chi connectivity index (χ0) is 17.1. The molecule has 1 atom stereocenters. The quantitative estimate of drug-likeness (QED) is 0.746. The van der Waals surface area contributed by atoms with Crippen molar-refractivity contribution in [3.8, 4) is 22.8 Å². The highest BCUT2D eigenvalue weighted by Gasteiger charge is 2.12. The largest absolute Gasteiger partial charge is 0.360 e. The summed E-state index contributed by atoms with van der Waals surface area (Å²) in [5.41, 5.74) is 3.03. The van der Waals surface area contributed by atoms with Crippen LogP contribution in [0.3, 0.4) is 0 Å². The third-order valence-corrected chi connectivity index (χ3v) is 3.71. The predicted octanol–water partition coefficient (Wildman–Crippen LogP) is 4.56. The van der Waals surface area contributed by atoms with Gasteiger partial charge in [0.15, 0.2) is 0 Å². The average Bonchev–Trinajstić information content (AvgIpc) is 3.05. The monoisotopic (exact) mass is 326 g/mol. The molecule has 0 saturated heterocycles. The van der Waals surface area contributed by atoms with Crippen LogP contribution in [-0.2, 0) is 6.42 Å². The molecular weight excluding hydrogens is 307 g/mol. The van der Waals surface area contributed by atoms with Crippen LogP contribution in [0.1, 0.15) is 31.3 Å². The topological polar surface area (TPSA) is 59.2 Å². The molecule has 4 nitrogen and oxygen atoms in total. The lowest BCUT2D eigenvalue weighted by atomic mass is 10.0. The third kappa shape index (κ3) is 3.68. The summed E-state index contributed by atoms with van der Waals surface area (Å²) < 4.78 is 18.1. The van der Waals surface area contributed by atoms with Crippen LogP contribution < -0.4 is 0 Å². The summed E-state index contributed by atoms with van der Waals surface area (Å²) in [4.78, 5) is 4.38. The number of alkyl halides is 1. The van der Waals surface area contributed by atoms with Gasteiger partial charge in [0.2, 0.25) is 12.2 Å². The van der Waals surface area contributed by atoms with Crippen LogP contribution in [0.15, 0.2) is 53.1 Å². The number of benzene rings is 2. The molecule has 0 bridgehead atoms. The molecule has 1 heterocycles. The molecule has 3 rings (SSSR count). The van der Waals surface area contributed by atoms with E-state index in [-0.39, 0.29) is 5.56 Å². The Balaban J connectivity index is 1.80. The van der Waals surface area contributed by atoms with Gasteiger partial charge in [-0.25, -0.2) is 4.39 Å². The second-order valence-electron chi connectivity index (χ2n) is 6.18. The zero-order valence-corrected chi connectivity index (χ0v) is 13.6. The minimum absolute atomic E-state index is 0.197. The molecule has 0 radical (unpaired) electrons. The molecule has 124 valence electrons. The number of rotatable bonds is 5. The normalized spacial score (nSPS) is 12.5. The van der Waals surface area contributed by atoms with Gasteiger partial charge in [-0.3, -0.25) is 0 Å². The fraction of sp³-hybridized carbons (Fsp3) is 0.263. The summed E-state index contributed by atoms with van der Waals surface area (Å²) in [7, 11) is 0. The first-order valence-electron chi connectivity index (χ1n) is 7.88. The standard InChI is InChI=1S/C19H19FN2O2/c1-12(2)11-13-3-5-16(6-4-13)19-21-18(22-24-19)15-9-7-14(8-10-15)17(20)23/h3-10,12,17,23H,11H2,1-2H3. The third-order valence-electron chi connectivity index (χ3n) is 3.71. The van der Waals surface area contributed by atoms with Crippen LogP contribution in [0, 0.1) is 5.92 Å². The Kier molecular flexibility index (Phi) is 4.71. The second-order valence-corrected chi connectivity index (χ2v) is 6.18. The van der Waals surface area contributed by atoms with Crippen LogP contribution in [0.5, 0.6) is 0 Å². The molecule has 24 heavy (non-hydrogen) atoms. The molecule has 2 aromatic carbocycles. The highest BCUT2D eigenvalue weighted by Crippen LogP contribution is 2.24. The maximum absolute atomic E-state index is 12.8. The van der Waals surface area contributed by atoms with E-state index in [2.05, 4.69) is 36.1 Å². The molecular formula is C19H19FN2O2. The van der Waals surface area contributed by atoms with Crippen molar-refractivity contribution in [1.82, 2.24) is 10.1 Å². The van der Waals surface area contributed by atoms with Gasteiger partial charge in [0, 0.05) is 16.7 Å². The van der Waals surface area contributed by atoms with Gasteiger partial charge >= 0.3 is 0 Å². The Morgan fingerprint density at radius 1 is 1.00 bits per heavy atom. The van der Waals surface area contributed by atoms with E-state index in [4.69, 9.17) is 9.63 Å². The van der Waals surface area contributed by atoms with E-state index in [1.54, 1.807) is 12.1 Å². The van der Waals surface area contributed by atoms with Gasteiger partial charge in [0.05, 0.1) is 0 Å². The first-order valence-corrected chi connectivity index (χ1v) is 7.88. The first kappa shape index (κ1) is 16.3. The van der Waals surface area contributed by atoms with Crippen LogP contribution in [0.4, 0.5) is 4.39 Å². The summed E-state index contributed by atoms with van der Waals surface area (Å²) in [5.74, 6) is 1.48. The van der Waals surface area contributed by atoms with Crippen molar-refractivity contribution in [1.29, 1.82) is 0 Å². The van der Waals surface area contributed by atoms with Crippen molar-refractivity contribution in [3.05, 3.63) is 59.7 Å². The lowest BCUT2D eigenvalue weighted by Gasteiger charge is -2.04. The average molecular weight is 326 g/mol. The van der Waals surface area contributed by atoms with Crippen LogP contribution >= 0.6 is 0 Å². The number of aliphatic hydroxyl groups is 1. The minimum Gasteiger partial charge on any atom is -0.360 e. The lowest BCUT2D eigenvalue weighted by molar-refractivity contribution is 0.0411. The van der Waals surface area contributed by atoms with E-state index < -0.39 is 6.36 Å².